The summed E-state index contributed by atoms with van der Waals surface area (Å²) >= 11 is 0. The van der Waals surface area contributed by atoms with Crippen LogP contribution in [0.3, 0.4) is 0 Å². The van der Waals surface area contributed by atoms with E-state index in [9.17, 15) is 21.6 Å². The first-order valence-corrected chi connectivity index (χ1v) is 7.75. The largest absolute Gasteiger partial charge is 0.523 e. The van der Waals surface area contributed by atoms with Crippen LogP contribution in [0.25, 0.3) is 0 Å². The van der Waals surface area contributed by atoms with Gasteiger partial charge in [-0.3, -0.25) is 4.18 Å². The summed E-state index contributed by atoms with van der Waals surface area (Å²) in [6.45, 7) is -0.451. The van der Waals surface area contributed by atoms with E-state index in [-0.39, 0.29) is 5.92 Å². The Bertz CT molecular complexity index is 610. The molecule has 1 aliphatic carbocycles. The number of methoxy groups -OCH3 is 1. The van der Waals surface area contributed by atoms with E-state index in [2.05, 4.69) is 4.18 Å². The van der Waals surface area contributed by atoms with Gasteiger partial charge in [0, 0.05) is 0 Å². The second-order valence-corrected chi connectivity index (χ2v) is 6.53. The molecular formula is C13H15F3O4S. The van der Waals surface area contributed by atoms with Crippen molar-refractivity contribution in [1.82, 2.24) is 0 Å². The van der Waals surface area contributed by atoms with E-state index in [1.165, 1.54) is 0 Å². The molecular weight excluding hydrogens is 309 g/mol. The highest BCUT2D eigenvalue weighted by molar-refractivity contribution is 7.87. The van der Waals surface area contributed by atoms with Crippen molar-refractivity contribution in [3.05, 3.63) is 29.3 Å². The fraction of sp³-hybridized carbons (Fsp3) is 0.538. The van der Waals surface area contributed by atoms with Crippen molar-refractivity contribution < 1.29 is 30.5 Å². The molecule has 1 unspecified atom stereocenters. The van der Waals surface area contributed by atoms with Gasteiger partial charge in [0.1, 0.15) is 5.75 Å². The minimum atomic E-state index is -5.51. The molecule has 1 aliphatic rings. The van der Waals surface area contributed by atoms with Gasteiger partial charge in [0.05, 0.1) is 13.7 Å². The molecule has 0 saturated carbocycles. The molecule has 1 aromatic rings. The number of rotatable bonds is 4. The van der Waals surface area contributed by atoms with Gasteiger partial charge >= 0.3 is 15.6 Å². The Morgan fingerprint density at radius 1 is 1.29 bits per heavy atom. The van der Waals surface area contributed by atoms with Crippen LogP contribution < -0.4 is 4.74 Å². The zero-order chi connectivity index (χ0) is 15.7. The molecule has 0 aromatic heterocycles. The summed E-state index contributed by atoms with van der Waals surface area (Å²) in [6, 6.07) is 5.51. The molecule has 0 N–H and O–H groups in total. The van der Waals surface area contributed by atoms with E-state index >= 15 is 0 Å². The number of hydrogen-bond donors (Lipinski definition) is 0. The van der Waals surface area contributed by atoms with Crippen molar-refractivity contribution in [2.75, 3.05) is 13.7 Å². The van der Waals surface area contributed by atoms with Crippen LogP contribution >= 0.6 is 0 Å². The fourth-order valence-corrected chi connectivity index (χ4v) is 2.83. The molecule has 0 saturated heterocycles. The minimum Gasteiger partial charge on any atom is -0.497 e. The van der Waals surface area contributed by atoms with Gasteiger partial charge in [-0.05, 0) is 48.4 Å². The van der Waals surface area contributed by atoms with Crippen LogP contribution in [0.15, 0.2) is 18.2 Å². The maximum Gasteiger partial charge on any atom is 0.523 e. The van der Waals surface area contributed by atoms with Crippen LogP contribution in [0.1, 0.15) is 17.5 Å². The predicted octanol–water partition coefficient (Wildman–Crippen LogP) is 2.67. The van der Waals surface area contributed by atoms with Gasteiger partial charge in [0.15, 0.2) is 0 Å². The average molecular weight is 324 g/mol. The van der Waals surface area contributed by atoms with Gasteiger partial charge in [0.25, 0.3) is 0 Å². The molecule has 0 aliphatic heterocycles. The lowest BCUT2D eigenvalue weighted by Gasteiger charge is -2.24. The molecule has 21 heavy (non-hydrogen) atoms. The lowest BCUT2D eigenvalue weighted by molar-refractivity contribution is -0.0551. The second-order valence-electron chi connectivity index (χ2n) is 4.93. The highest BCUT2D eigenvalue weighted by Gasteiger charge is 2.47. The Morgan fingerprint density at radius 3 is 2.62 bits per heavy atom. The molecule has 0 spiro atoms. The smallest absolute Gasteiger partial charge is 0.497 e. The van der Waals surface area contributed by atoms with E-state index in [0.29, 0.717) is 19.3 Å². The van der Waals surface area contributed by atoms with Crippen LogP contribution in [-0.4, -0.2) is 27.6 Å². The Hall–Kier alpha value is -1.28. The lowest BCUT2D eigenvalue weighted by Crippen LogP contribution is -2.29. The molecule has 0 amide bonds. The molecule has 2 rings (SSSR count). The maximum absolute atomic E-state index is 12.2. The van der Waals surface area contributed by atoms with Crippen molar-refractivity contribution in [1.29, 1.82) is 0 Å². The van der Waals surface area contributed by atoms with Gasteiger partial charge in [0.2, 0.25) is 0 Å². The van der Waals surface area contributed by atoms with Crippen molar-refractivity contribution in [2.24, 2.45) is 5.92 Å². The summed E-state index contributed by atoms with van der Waals surface area (Å²) in [4.78, 5) is 0. The predicted molar refractivity (Wildman–Crippen MR) is 69.4 cm³/mol. The molecule has 0 radical (unpaired) electrons. The molecule has 0 heterocycles. The van der Waals surface area contributed by atoms with Crippen LogP contribution in [-0.2, 0) is 27.1 Å². The third-order valence-corrected chi connectivity index (χ3v) is 4.50. The first-order valence-electron chi connectivity index (χ1n) is 6.34. The zero-order valence-corrected chi connectivity index (χ0v) is 12.1. The van der Waals surface area contributed by atoms with Gasteiger partial charge in [-0.2, -0.15) is 21.6 Å². The highest BCUT2D eigenvalue weighted by atomic mass is 32.2. The van der Waals surface area contributed by atoms with Crippen LogP contribution in [0.5, 0.6) is 5.75 Å². The Kier molecular flexibility index (Phi) is 4.48. The fourth-order valence-electron chi connectivity index (χ4n) is 2.33. The van der Waals surface area contributed by atoms with E-state index in [1.807, 2.05) is 12.1 Å². The number of hydrogen-bond acceptors (Lipinski definition) is 4. The third-order valence-electron chi connectivity index (χ3n) is 3.49. The van der Waals surface area contributed by atoms with Gasteiger partial charge < -0.3 is 4.74 Å². The summed E-state index contributed by atoms with van der Waals surface area (Å²) in [6.07, 6.45) is 1.73. The van der Waals surface area contributed by atoms with Crippen molar-refractivity contribution in [2.45, 2.75) is 24.8 Å². The standard InChI is InChI=1S/C13H15F3O4S/c1-19-12-5-4-10-6-9(2-3-11(10)7-12)8-20-21(17,18)13(14,15)16/h4-5,7,9H,2-3,6,8H2,1H3. The lowest BCUT2D eigenvalue weighted by atomic mass is 9.84. The van der Waals surface area contributed by atoms with Crippen molar-refractivity contribution in [3.8, 4) is 5.75 Å². The van der Waals surface area contributed by atoms with E-state index in [0.717, 1.165) is 16.9 Å². The molecule has 1 aromatic carbocycles. The van der Waals surface area contributed by atoms with Crippen molar-refractivity contribution >= 4 is 10.1 Å². The molecule has 118 valence electrons. The quantitative estimate of drug-likeness (QED) is 0.631. The summed E-state index contributed by atoms with van der Waals surface area (Å²) in [5.41, 5.74) is -3.31. The zero-order valence-electron chi connectivity index (χ0n) is 11.3. The molecule has 8 heteroatoms. The van der Waals surface area contributed by atoms with Gasteiger partial charge in [-0.15, -0.1) is 0 Å². The van der Waals surface area contributed by atoms with Crippen LogP contribution in [0.4, 0.5) is 13.2 Å². The first-order chi connectivity index (χ1) is 9.73. The maximum atomic E-state index is 12.2. The SMILES string of the molecule is COc1ccc2c(c1)CCC(COS(=O)(=O)C(F)(F)F)C2. The summed E-state index contributed by atoms with van der Waals surface area (Å²) < 4.78 is 67.5. The monoisotopic (exact) mass is 324 g/mol. The number of halogens is 3. The Labute approximate surface area is 121 Å². The highest BCUT2D eigenvalue weighted by Crippen LogP contribution is 2.30. The van der Waals surface area contributed by atoms with E-state index in [1.54, 1.807) is 13.2 Å². The third kappa shape index (κ3) is 3.68. The number of ether oxygens (including phenoxy) is 1. The topological polar surface area (TPSA) is 52.6 Å². The number of fused-ring (bicyclic) bond motifs is 1. The number of aryl methyl sites for hydroxylation is 1. The summed E-state index contributed by atoms with van der Waals surface area (Å²) in [7, 11) is -3.95. The Balaban J connectivity index is 2.00. The Morgan fingerprint density at radius 2 is 2.00 bits per heavy atom. The molecule has 4 nitrogen and oxygen atoms in total. The minimum absolute atomic E-state index is 0.247. The van der Waals surface area contributed by atoms with E-state index in [4.69, 9.17) is 4.74 Å². The van der Waals surface area contributed by atoms with Gasteiger partial charge in [-0.25, -0.2) is 0 Å². The van der Waals surface area contributed by atoms with E-state index < -0.39 is 22.2 Å². The summed E-state index contributed by atoms with van der Waals surface area (Å²) in [5, 5.41) is 0. The molecule has 1 atom stereocenters. The van der Waals surface area contributed by atoms with Gasteiger partial charge in [-0.1, -0.05) is 6.07 Å². The number of benzene rings is 1. The van der Waals surface area contributed by atoms with Crippen LogP contribution in [0, 0.1) is 5.92 Å². The van der Waals surface area contributed by atoms with Crippen molar-refractivity contribution in [3.63, 3.8) is 0 Å². The first kappa shape index (κ1) is 16.1. The second kappa shape index (κ2) is 5.84. The number of alkyl halides is 3. The normalized spacial score (nSPS) is 19.1. The van der Waals surface area contributed by atoms with Crippen LogP contribution in [0.2, 0.25) is 0 Å². The average Bonchev–Trinajstić information content (AvgIpc) is 2.43. The molecule has 0 bridgehead atoms. The summed E-state index contributed by atoms with van der Waals surface area (Å²) in [5.74, 6) is 0.478. The molecule has 0 fully saturated rings.